The predicted molar refractivity (Wildman–Crippen MR) is 75.9 cm³/mol. The number of rotatable bonds is 3. The average molecular weight is 298 g/mol. The second-order valence-electron chi connectivity index (χ2n) is 5.82. The molecule has 6 nitrogen and oxygen atoms in total. The quantitative estimate of drug-likeness (QED) is 0.886. The Kier molecular flexibility index (Phi) is 3.38. The standard InChI is InChI=1S/C13H22N4O2S/c1-4-16-8-13(15-10(16)3)20(18,19)17-9(2)5-11-6-14-7-12(11)17/h8-9,11-12,14H,4-7H2,1-3H3. The van der Waals surface area contributed by atoms with Gasteiger partial charge in [-0.15, -0.1) is 0 Å². The molecule has 0 saturated carbocycles. The third-order valence-corrected chi connectivity index (χ3v) is 6.46. The van der Waals surface area contributed by atoms with E-state index in [9.17, 15) is 8.42 Å². The van der Waals surface area contributed by atoms with Crippen molar-refractivity contribution in [3.8, 4) is 0 Å². The van der Waals surface area contributed by atoms with Gasteiger partial charge in [0.25, 0.3) is 10.0 Å². The number of nitrogens with one attached hydrogen (secondary N) is 1. The third kappa shape index (κ3) is 1.99. The molecule has 1 N–H and O–H groups in total. The van der Waals surface area contributed by atoms with Gasteiger partial charge >= 0.3 is 0 Å². The van der Waals surface area contributed by atoms with Crippen molar-refractivity contribution in [2.75, 3.05) is 13.1 Å². The van der Waals surface area contributed by atoms with Crippen LogP contribution in [0.15, 0.2) is 11.2 Å². The van der Waals surface area contributed by atoms with E-state index in [0.29, 0.717) is 5.92 Å². The van der Waals surface area contributed by atoms with E-state index in [2.05, 4.69) is 10.3 Å². The lowest BCUT2D eigenvalue weighted by Gasteiger charge is -2.25. The highest BCUT2D eigenvalue weighted by Gasteiger charge is 2.48. The highest BCUT2D eigenvalue weighted by molar-refractivity contribution is 7.89. The summed E-state index contributed by atoms with van der Waals surface area (Å²) in [5.74, 6) is 1.19. The largest absolute Gasteiger partial charge is 0.334 e. The lowest BCUT2D eigenvalue weighted by atomic mass is 10.0. The van der Waals surface area contributed by atoms with Crippen molar-refractivity contribution in [3.63, 3.8) is 0 Å². The van der Waals surface area contributed by atoms with Crippen LogP contribution in [0.25, 0.3) is 0 Å². The summed E-state index contributed by atoms with van der Waals surface area (Å²) < 4.78 is 29.3. The van der Waals surface area contributed by atoms with Gasteiger partial charge in [0.1, 0.15) is 5.82 Å². The van der Waals surface area contributed by atoms with E-state index in [1.54, 1.807) is 10.5 Å². The third-order valence-electron chi connectivity index (χ3n) is 4.55. The van der Waals surface area contributed by atoms with E-state index < -0.39 is 10.0 Å². The summed E-state index contributed by atoms with van der Waals surface area (Å²) in [6, 6.07) is 0.145. The van der Waals surface area contributed by atoms with Crippen molar-refractivity contribution in [2.45, 2.75) is 50.8 Å². The molecule has 0 bridgehead atoms. The topological polar surface area (TPSA) is 67.2 Å². The number of fused-ring (bicyclic) bond motifs is 1. The summed E-state index contributed by atoms with van der Waals surface area (Å²) in [4.78, 5) is 4.26. The minimum absolute atomic E-state index is 0.0594. The summed E-state index contributed by atoms with van der Waals surface area (Å²) in [7, 11) is -3.49. The first-order valence-corrected chi connectivity index (χ1v) is 8.67. The number of sulfonamides is 1. The summed E-state index contributed by atoms with van der Waals surface area (Å²) >= 11 is 0. The number of aromatic nitrogens is 2. The number of aryl methyl sites for hydroxylation is 2. The van der Waals surface area contributed by atoms with Crippen LogP contribution in [0.1, 0.15) is 26.1 Å². The van der Waals surface area contributed by atoms with Gasteiger partial charge in [0.05, 0.1) is 0 Å². The van der Waals surface area contributed by atoms with Crippen molar-refractivity contribution in [2.24, 2.45) is 5.92 Å². The summed E-state index contributed by atoms with van der Waals surface area (Å²) in [6.45, 7) is 8.23. The molecule has 2 aliphatic heterocycles. The van der Waals surface area contributed by atoms with Crippen molar-refractivity contribution in [1.82, 2.24) is 19.2 Å². The summed E-state index contributed by atoms with van der Waals surface area (Å²) in [5.41, 5.74) is 0. The fourth-order valence-electron chi connectivity index (χ4n) is 3.57. The van der Waals surface area contributed by atoms with Gasteiger partial charge in [-0.05, 0) is 39.7 Å². The maximum Gasteiger partial charge on any atom is 0.262 e. The van der Waals surface area contributed by atoms with Gasteiger partial charge in [0, 0.05) is 31.4 Å². The Morgan fingerprint density at radius 3 is 2.85 bits per heavy atom. The van der Waals surface area contributed by atoms with Gasteiger partial charge in [0.15, 0.2) is 5.03 Å². The Hall–Kier alpha value is -0.920. The van der Waals surface area contributed by atoms with Crippen molar-refractivity contribution in [3.05, 3.63) is 12.0 Å². The average Bonchev–Trinajstić information content (AvgIpc) is 3.02. The van der Waals surface area contributed by atoms with Gasteiger partial charge < -0.3 is 9.88 Å². The van der Waals surface area contributed by atoms with E-state index in [-0.39, 0.29) is 17.1 Å². The van der Waals surface area contributed by atoms with Crippen LogP contribution < -0.4 is 5.32 Å². The monoisotopic (exact) mass is 298 g/mol. The molecule has 2 fully saturated rings. The molecule has 7 heteroatoms. The van der Waals surface area contributed by atoms with Gasteiger partial charge in [0.2, 0.25) is 0 Å². The molecule has 3 rings (SSSR count). The first kappa shape index (κ1) is 14.0. The van der Waals surface area contributed by atoms with E-state index in [1.807, 2.05) is 25.3 Å². The molecule has 0 spiro atoms. The highest BCUT2D eigenvalue weighted by atomic mass is 32.2. The molecule has 2 aliphatic rings. The molecule has 0 radical (unpaired) electrons. The van der Waals surface area contributed by atoms with Gasteiger partial charge in [-0.2, -0.15) is 4.31 Å². The number of hydrogen-bond acceptors (Lipinski definition) is 4. The van der Waals surface area contributed by atoms with Crippen LogP contribution in [-0.2, 0) is 16.6 Å². The second-order valence-corrected chi connectivity index (χ2v) is 7.61. The molecule has 0 aromatic carbocycles. The molecule has 1 aromatic heterocycles. The minimum Gasteiger partial charge on any atom is -0.334 e. The zero-order valence-electron chi connectivity index (χ0n) is 12.2. The van der Waals surface area contributed by atoms with Crippen LogP contribution in [-0.4, -0.2) is 47.4 Å². The molecule has 2 saturated heterocycles. The lowest BCUT2D eigenvalue weighted by molar-refractivity contribution is 0.334. The fraction of sp³-hybridized carbons (Fsp3) is 0.769. The van der Waals surface area contributed by atoms with Crippen molar-refractivity contribution < 1.29 is 8.42 Å². The fourth-order valence-corrected chi connectivity index (χ4v) is 5.46. The van der Waals surface area contributed by atoms with E-state index in [0.717, 1.165) is 31.9 Å². The van der Waals surface area contributed by atoms with Crippen molar-refractivity contribution >= 4 is 10.0 Å². The Labute approximate surface area is 120 Å². The molecular formula is C13H22N4O2S. The molecule has 1 aromatic rings. The number of nitrogens with zero attached hydrogens (tertiary/aromatic N) is 3. The van der Waals surface area contributed by atoms with Gasteiger partial charge in [-0.1, -0.05) is 0 Å². The van der Waals surface area contributed by atoms with Gasteiger partial charge in [-0.25, -0.2) is 13.4 Å². The zero-order valence-corrected chi connectivity index (χ0v) is 13.0. The molecule has 20 heavy (non-hydrogen) atoms. The Morgan fingerprint density at radius 2 is 2.20 bits per heavy atom. The molecule has 3 unspecified atom stereocenters. The Balaban J connectivity index is 1.98. The normalized spacial score (nSPS) is 30.9. The van der Waals surface area contributed by atoms with Crippen LogP contribution in [0.3, 0.4) is 0 Å². The van der Waals surface area contributed by atoms with Crippen LogP contribution in [0, 0.1) is 12.8 Å². The maximum absolute atomic E-state index is 12.9. The zero-order chi connectivity index (χ0) is 14.5. The smallest absolute Gasteiger partial charge is 0.262 e. The minimum atomic E-state index is -3.49. The van der Waals surface area contributed by atoms with Crippen LogP contribution in [0.4, 0.5) is 0 Å². The molecular weight excluding hydrogens is 276 g/mol. The van der Waals surface area contributed by atoms with E-state index in [1.165, 1.54) is 0 Å². The molecule has 112 valence electrons. The molecule has 0 amide bonds. The first-order valence-electron chi connectivity index (χ1n) is 7.23. The summed E-state index contributed by atoms with van der Waals surface area (Å²) in [6.07, 6.45) is 2.59. The predicted octanol–water partition coefficient (Wildman–Crippen LogP) is 0.582. The first-order chi connectivity index (χ1) is 9.45. The highest BCUT2D eigenvalue weighted by Crippen LogP contribution is 2.36. The van der Waals surface area contributed by atoms with E-state index in [4.69, 9.17) is 0 Å². The second kappa shape index (κ2) is 4.82. The molecule has 3 atom stereocenters. The SMILES string of the molecule is CCn1cc(S(=O)(=O)N2C(C)CC3CNCC32)nc1C. The Bertz CT molecular complexity index is 610. The lowest BCUT2D eigenvalue weighted by Crippen LogP contribution is -2.42. The molecule has 3 heterocycles. The van der Waals surface area contributed by atoms with Crippen molar-refractivity contribution in [1.29, 1.82) is 0 Å². The molecule has 0 aliphatic carbocycles. The van der Waals surface area contributed by atoms with E-state index >= 15 is 0 Å². The number of imidazole rings is 1. The summed E-state index contributed by atoms with van der Waals surface area (Å²) in [5, 5.41) is 3.49. The van der Waals surface area contributed by atoms with Crippen LogP contribution in [0.2, 0.25) is 0 Å². The Morgan fingerprint density at radius 1 is 1.45 bits per heavy atom. The van der Waals surface area contributed by atoms with Crippen LogP contribution in [0.5, 0.6) is 0 Å². The van der Waals surface area contributed by atoms with Gasteiger partial charge in [-0.3, -0.25) is 0 Å². The number of hydrogen-bond donors (Lipinski definition) is 1. The maximum atomic E-state index is 12.9. The van der Waals surface area contributed by atoms with Crippen LogP contribution >= 0.6 is 0 Å².